The van der Waals surface area contributed by atoms with Gasteiger partial charge in [0.15, 0.2) is 5.76 Å². The summed E-state index contributed by atoms with van der Waals surface area (Å²) in [6.07, 6.45) is 1.44. The zero-order valence-corrected chi connectivity index (χ0v) is 12.6. The maximum Gasteiger partial charge on any atom is 0.291 e. The van der Waals surface area contributed by atoms with Gasteiger partial charge in [-0.05, 0) is 54.6 Å². The van der Waals surface area contributed by atoms with Crippen LogP contribution in [0.25, 0.3) is 0 Å². The number of furan rings is 1. The molecule has 0 saturated heterocycles. The predicted octanol–water partition coefficient (Wildman–Crippen LogP) is 5.07. The molecule has 3 aromatic rings. The van der Waals surface area contributed by atoms with Gasteiger partial charge in [-0.3, -0.25) is 4.79 Å². The van der Waals surface area contributed by atoms with E-state index in [0.717, 1.165) is 5.69 Å². The Bertz CT molecular complexity index is 817. The summed E-state index contributed by atoms with van der Waals surface area (Å²) in [6.45, 7) is 0. The molecule has 1 heterocycles. The van der Waals surface area contributed by atoms with Gasteiger partial charge in [0.05, 0.1) is 11.3 Å². The molecule has 0 unspecified atom stereocenters. The van der Waals surface area contributed by atoms with Crippen LogP contribution in [0.3, 0.4) is 0 Å². The van der Waals surface area contributed by atoms with E-state index in [-0.39, 0.29) is 16.7 Å². The van der Waals surface area contributed by atoms with Crippen LogP contribution in [0.4, 0.5) is 21.5 Å². The van der Waals surface area contributed by atoms with Crippen molar-refractivity contribution in [2.75, 3.05) is 10.6 Å². The van der Waals surface area contributed by atoms with Crippen LogP contribution in [0.15, 0.2) is 65.3 Å². The summed E-state index contributed by atoms with van der Waals surface area (Å²) in [7, 11) is 0. The largest absolute Gasteiger partial charge is 0.459 e. The van der Waals surface area contributed by atoms with Crippen LogP contribution in [0.1, 0.15) is 10.6 Å². The molecule has 6 heteroatoms. The summed E-state index contributed by atoms with van der Waals surface area (Å²) in [4.78, 5) is 11.8. The van der Waals surface area contributed by atoms with Crippen molar-refractivity contribution in [1.82, 2.24) is 0 Å². The highest BCUT2D eigenvalue weighted by Gasteiger charge is 2.08. The first kappa shape index (κ1) is 15.1. The van der Waals surface area contributed by atoms with Crippen molar-refractivity contribution < 1.29 is 13.6 Å². The minimum absolute atomic E-state index is 0.0531. The molecule has 0 saturated carbocycles. The van der Waals surface area contributed by atoms with Crippen molar-refractivity contribution in [3.05, 3.63) is 77.5 Å². The maximum atomic E-state index is 13.1. The number of hydrogen-bond acceptors (Lipinski definition) is 3. The lowest BCUT2D eigenvalue weighted by atomic mass is 10.2. The van der Waals surface area contributed by atoms with Crippen molar-refractivity contribution in [2.24, 2.45) is 0 Å². The third-order valence-corrected chi connectivity index (χ3v) is 3.39. The Morgan fingerprint density at radius 3 is 2.35 bits per heavy atom. The van der Waals surface area contributed by atoms with Crippen LogP contribution in [-0.4, -0.2) is 5.91 Å². The second-order valence-electron chi connectivity index (χ2n) is 4.76. The van der Waals surface area contributed by atoms with E-state index in [9.17, 15) is 9.18 Å². The van der Waals surface area contributed by atoms with Crippen LogP contribution >= 0.6 is 11.6 Å². The smallest absolute Gasteiger partial charge is 0.291 e. The molecule has 4 nitrogen and oxygen atoms in total. The molecule has 116 valence electrons. The molecule has 0 aliphatic heterocycles. The van der Waals surface area contributed by atoms with Crippen molar-refractivity contribution >= 4 is 34.6 Å². The van der Waals surface area contributed by atoms with E-state index in [1.807, 2.05) is 0 Å². The highest BCUT2D eigenvalue weighted by atomic mass is 35.5. The second kappa shape index (κ2) is 6.54. The topological polar surface area (TPSA) is 54.3 Å². The summed E-state index contributed by atoms with van der Waals surface area (Å²) >= 11 is 5.74. The molecular weight excluding hydrogens is 319 g/mol. The van der Waals surface area contributed by atoms with Crippen LogP contribution in [0.2, 0.25) is 5.02 Å². The average Bonchev–Trinajstić information content (AvgIpc) is 3.07. The van der Waals surface area contributed by atoms with Gasteiger partial charge in [0.1, 0.15) is 5.82 Å². The molecule has 0 radical (unpaired) electrons. The van der Waals surface area contributed by atoms with Crippen molar-refractivity contribution in [3.8, 4) is 0 Å². The van der Waals surface area contributed by atoms with Gasteiger partial charge in [0.2, 0.25) is 0 Å². The number of nitrogens with one attached hydrogen (secondary N) is 2. The molecule has 0 aliphatic carbocycles. The van der Waals surface area contributed by atoms with Gasteiger partial charge in [0.25, 0.3) is 5.91 Å². The predicted molar refractivity (Wildman–Crippen MR) is 87.8 cm³/mol. The molecule has 0 bridgehead atoms. The molecule has 23 heavy (non-hydrogen) atoms. The molecule has 2 N–H and O–H groups in total. The summed E-state index contributed by atoms with van der Waals surface area (Å²) < 4.78 is 18.1. The third kappa shape index (κ3) is 3.70. The lowest BCUT2D eigenvalue weighted by Gasteiger charge is -2.09. The van der Waals surface area contributed by atoms with Crippen LogP contribution in [0, 0.1) is 5.82 Å². The molecule has 1 aromatic heterocycles. The monoisotopic (exact) mass is 330 g/mol. The van der Waals surface area contributed by atoms with Crippen molar-refractivity contribution in [2.45, 2.75) is 0 Å². The molecular formula is C17H12ClFN2O2. The second-order valence-corrected chi connectivity index (χ2v) is 5.17. The molecule has 2 aromatic carbocycles. The van der Waals surface area contributed by atoms with E-state index in [1.54, 1.807) is 42.5 Å². The average molecular weight is 331 g/mol. The first-order chi connectivity index (χ1) is 11.1. The molecule has 1 amide bonds. The van der Waals surface area contributed by atoms with Gasteiger partial charge in [-0.1, -0.05) is 11.6 Å². The summed E-state index contributed by atoms with van der Waals surface area (Å²) in [5, 5.41) is 5.87. The van der Waals surface area contributed by atoms with Crippen molar-refractivity contribution in [1.29, 1.82) is 0 Å². The molecule has 0 fully saturated rings. The maximum absolute atomic E-state index is 13.1. The van der Waals surface area contributed by atoms with Gasteiger partial charge in [-0.25, -0.2) is 4.39 Å². The van der Waals surface area contributed by atoms with E-state index in [0.29, 0.717) is 11.4 Å². The van der Waals surface area contributed by atoms with Crippen LogP contribution in [0.5, 0.6) is 0 Å². The van der Waals surface area contributed by atoms with Crippen LogP contribution < -0.4 is 10.6 Å². The number of carbonyl (C=O) groups excluding carboxylic acids is 1. The molecule has 3 rings (SSSR count). The number of benzene rings is 2. The molecule has 0 spiro atoms. The van der Waals surface area contributed by atoms with Gasteiger partial charge in [-0.15, -0.1) is 0 Å². The Hall–Kier alpha value is -2.79. The molecule has 0 atom stereocenters. The van der Waals surface area contributed by atoms with E-state index in [1.165, 1.54) is 18.4 Å². The third-order valence-electron chi connectivity index (χ3n) is 3.10. The fourth-order valence-electron chi connectivity index (χ4n) is 1.98. The molecule has 0 aliphatic rings. The lowest BCUT2D eigenvalue weighted by molar-refractivity contribution is 0.0996. The number of anilines is 3. The van der Waals surface area contributed by atoms with E-state index in [2.05, 4.69) is 10.6 Å². The zero-order chi connectivity index (χ0) is 16.2. The Kier molecular flexibility index (Phi) is 4.30. The Labute approximate surface area is 136 Å². The fraction of sp³-hybridized carbons (Fsp3) is 0. The number of halogens is 2. The summed E-state index contributed by atoms with van der Waals surface area (Å²) in [6, 6.07) is 14.7. The van der Waals surface area contributed by atoms with E-state index >= 15 is 0 Å². The van der Waals surface area contributed by atoms with E-state index in [4.69, 9.17) is 16.0 Å². The highest BCUT2D eigenvalue weighted by Crippen LogP contribution is 2.23. The zero-order valence-electron chi connectivity index (χ0n) is 11.8. The lowest BCUT2D eigenvalue weighted by Crippen LogP contribution is -2.10. The van der Waals surface area contributed by atoms with Gasteiger partial charge >= 0.3 is 0 Å². The minimum atomic E-state index is -0.465. The van der Waals surface area contributed by atoms with Crippen LogP contribution in [-0.2, 0) is 0 Å². The number of rotatable bonds is 4. The van der Waals surface area contributed by atoms with Gasteiger partial charge in [0, 0.05) is 17.1 Å². The van der Waals surface area contributed by atoms with Crippen molar-refractivity contribution in [3.63, 3.8) is 0 Å². The standard InChI is InChI=1S/C17H12ClFN2O2/c18-14-10-13(7-8-15(14)19)20-11-3-5-12(6-4-11)21-17(22)16-2-1-9-23-16/h1-10,20H,(H,21,22). The minimum Gasteiger partial charge on any atom is -0.459 e. The highest BCUT2D eigenvalue weighted by molar-refractivity contribution is 6.31. The number of hydrogen-bond donors (Lipinski definition) is 2. The van der Waals surface area contributed by atoms with Gasteiger partial charge in [-0.2, -0.15) is 0 Å². The van der Waals surface area contributed by atoms with Gasteiger partial charge < -0.3 is 15.1 Å². The summed E-state index contributed by atoms with van der Waals surface area (Å²) in [5.41, 5.74) is 2.08. The first-order valence-corrected chi connectivity index (χ1v) is 7.16. The Morgan fingerprint density at radius 2 is 1.70 bits per heavy atom. The first-order valence-electron chi connectivity index (χ1n) is 6.79. The summed E-state index contributed by atoms with van der Waals surface area (Å²) in [5.74, 6) is -0.539. The number of carbonyl (C=O) groups is 1. The quantitative estimate of drug-likeness (QED) is 0.702. The SMILES string of the molecule is O=C(Nc1ccc(Nc2ccc(F)c(Cl)c2)cc1)c1ccco1. The Balaban J connectivity index is 1.67. The van der Waals surface area contributed by atoms with E-state index < -0.39 is 5.82 Å². The normalized spacial score (nSPS) is 10.3. The fourth-order valence-corrected chi connectivity index (χ4v) is 2.16. The number of amides is 1. The Morgan fingerprint density at radius 1 is 1.00 bits per heavy atom.